The van der Waals surface area contributed by atoms with Crippen LogP contribution in [0.3, 0.4) is 0 Å². The highest BCUT2D eigenvalue weighted by Gasteiger charge is 2.16. The molecule has 0 heterocycles. The largest absolute Gasteiger partial charge is 0.508 e. The minimum atomic E-state index is 0.240. The maximum atomic E-state index is 11.4. The van der Waals surface area contributed by atoms with E-state index in [-0.39, 0.29) is 11.5 Å². The molecule has 16 heavy (non-hydrogen) atoms. The van der Waals surface area contributed by atoms with Crippen LogP contribution in [0, 0.1) is 6.92 Å². The van der Waals surface area contributed by atoms with Gasteiger partial charge in [0.05, 0.1) is 0 Å². The van der Waals surface area contributed by atoms with Gasteiger partial charge in [0.15, 0.2) is 5.78 Å². The Bertz CT molecular complexity index is 449. The predicted molar refractivity (Wildman–Crippen MR) is 63.4 cm³/mol. The van der Waals surface area contributed by atoms with Gasteiger partial charge in [0, 0.05) is 23.9 Å². The molecule has 84 valence electrons. The van der Waals surface area contributed by atoms with E-state index >= 15 is 0 Å². The molecule has 2 N–H and O–H groups in total. The van der Waals surface area contributed by atoms with Crippen LogP contribution in [-0.4, -0.2) is 10.9 Å². The topological polar surface area (TPSA) is 49.3 Å². The summed E-state index contributed by atoms with van der Waals surface area (Å²) >= 11 is 0. The number of phenolic OH excluding ortho intramolecular Hbond substituents is 1. The van der Waals surface area contributed by atoms with Gasteiger partial charge in [0.2, 0.25) is 0 Å². The van der Waals surface area contributed by atoms with Gasteiger partial charge in [0.25, 0.3) is 0 Å². The highest BCUT2D eigenvalue weighted by molar-refractivity contribution is 5.97. The lowest BCUT2D eigenvalue weighted by Gasteiger charge is -2.06. The minimum absolute atomic E-state index is 0.240. The molecule has 0 radical (unpaired) electrons. The van der Waals surface area contributed by atoms with Crippen LogP contribution in [0.2, 0.25) is 0 Å². The van der Waals surface area contributed by atoms with Crippen molar-refractivity contribution in [1.29, 1.82) is 0 Å². The average Bonchev–Trinajstić information content (AvgIpc) is 2.63. The monoisotopic (exact) mass is 217 g/mol. The Labute approximate surface area is 94.8 Å². The van der Waals surface area contributed by atoms with Crippen molar-refractivity contribution >= 4 is 11.5 Å². The Morgan fingerprint density at radius 1 is 1.38 bits per heavy atom. The second-order valence-corrected chi connectivity index (χ2v) is 4.09. The van der Waals surface area contributed by atoms with Crippen molar-refractivity contribution in [2.45, 2.75) is 26.2 Å². The maximum absolute atomic E-state index is 11.4. The first-order valence-electron chi connectivity index (χ1n) is 5.45. The molecule has 1 aliphatic rings. The first kappa shape index (κ1) is 10.7. The molecule has 1 fully saturated rings. The smallest absolute Gasteiger partial charge is 0.160 e. The number of carbonyl (C=O) groups is 1. The highest BCUT2D eigenvalue weighted by Crippen LogP contribution is 2.23. The van der Waals surface area contributed by atoms with Gasteiger partial charge in [-0.2, -0.15) is 0 Å². The number of ketones is 1. The number of aromatic hydroxyl groups is 1. The van der Waals surface area contributed by atoms with Crippen LogP contribution in [0.15, 0.2) is 30.0 Å². The molecule has 0 spiro atoms. The summed E-state index contributed by atoms with van der Waals surface area (Å²) in [6.45, 7) is 1.91. The van der Waals surface area contributed by atoms with Gasteiger partial charge in [-0.25, -0.2) is 0 Å². The third-order valence-corrected chi connectivity index (χ3v) is 2.82. The van der Waals surface area contributed by atoms with Gasteiger partial charge in [-0.1, -0.05) is 0 Å². The summed E-state index contributed by atoms with van der Waals surface area (Å²) in [5.74, 6) is 0.497. The molecular weight excluding hydrogens is 202 g/mol. The molecule has 0 saturated heterocycles. The Hall–Kier alpha value is -1.77. The molecule has 1 aromatic rings. The first-order valence-corrected chi connectivity index (χ1v) is 5.45. The van der Waals surface area contributed by atoms with E-state index in [2.05, 4.69) is 5.32 Å². The second kappa shape index (κ2) is 4.39. The molecule has 1 aliphatic carbocycles. The lowest BCUT2D eigenvalue weighted by atomic mass is 10.2. The predicted octanol–water partition coefficient (Wildman–Crippen LogP) is 2.75. The van der Waals surface area contributed by atoms with E-state index in [1.165, 1.54) is 0 Å². The molecule has 2 rings (SSSR count). The maximum Gasteiger partial charge on any atom is 0.160 e. The molecule has 1 saturated carbocycles. The number of hydrogen-bond acceptors (Lipinski definition) is 3. The van der Waals surface area contributed by atoms with Gasteiger partial charge in [-0.15, -0.1) is 0 Å². The lowest BCUT2D eigenvalue weighted by Crippen LogP contribution is -1.97. The third kappa shape index (κ3) is 2.24. The van der Waals surface area contributed by atoms with Gasteiger partial charge < -0.3 is 10.4 Å². The molecule has 0 bridgehead atoms. The molecule has 0 atom stereocenters. The molecule has 0 aliphatic heterocycles. The zero-order valence-electron chi connectivity index (χ0n) is 9.29. The molecule has 3 nitrogen and oxygen atoms in total. The molecule has 1 aromatic carbocycles. The van der Waals surface area contributed by atoms with Crippen molar-refractivity contribution in [1.82, 2.24) is 0 Å². The SMILES string of the molecule is Cc1cc(O)ccc1NC=C1CCCC1=O. The molecule has 3 heteroatoms. The number of benzene rings is 1. The molecule has 0 amide bonds. The van der Waals surface area contributed by atoms with Crippen LogP contribution in [0.1, 0.15) is 24.8 Å². The standard InChI is InChI=1S/C13H15NO2/c1-9-7-11(15)5-6-12(9)14-8-10-3-2-4-13(10)16/h5-8,14-15H,2-4H2,1H3. The van der Waals surface area contributed by atoms with E-state index in [4.69, 9.17) is 0 Å². The van der Waals surface area contributed by atoms with E-state index < -0.39 is 0 Å². The Morgan fingerprint density at radius 2 is 2.19 bits per heavy atom. The number of Topliss-reactive ketones (excluding diaryl/α,β-unsaturated/α-hetero) is 1. The van der Waals surface area contributed by atoms with Crippen molar-refractivity contribution in [3.8, 4) is 5.75 Å². The Kier molecular flexibility index (Phi) is 2.95. The number of carbonyl (C=O) groups excluding carboxylic acids is 1. The number of anilines is 1. The highest BCUT2D eigenvalue weighted by atomic mass is 16.3. The van der Waals surface area contributed by atoms with Crippen LogP contribution in [0.5, 0.6) is 5.75 Å². The minimum Gasteiger partial charge on any atom is -0.508 e. The van der Waals surface area contributed by atoms with Crippen molar-refractivity contribution in [2.75, 3.05) is 5.32 Å². The first-order chi connectivity index (χ1) is 7.66. The van der Waals surface area contributed by atoms with E-state index in [9.17, 15) is 9.90 Å². The van der Waals surface area contributed by atoms with Crippen LogP contribution < -0.4 is 5.32 Å². The van der Waals surface area contributed by atoms with E-state index in [0.717, 1.165) is 29.7 Å². The van der Waals surface area contributed by atoms with Crippen molar-refractivity contribution in [2.24, 2.45) is 0 Å². The van der Waals surface area contributed by atoms with Crippen LogP contribution in [-0.2, 0) is 4.79 Å². The summed E-state index contributed by atoms with van der Waals surface area (Å²) in [5.41, 5.74) is 2.75. The summed E-state index contributed by atoms with van der Waals surface area (Å²) < 4.78 is 0. The fourth-order valence-corrected chi connectivity index (χ4v) is 1.87. The van der Waals surface area contributed by atoms with Crippen molar-refractivity contribution in [3.05, 3.63) is 35.5 Å². The Balaban J connectivity index is 2.12. The molecule has 0 aromatic heterocycles. The number of phenols is 1. The second-order valence-electron chi connectivity index (χ2n) is 4.09. The fourth-order valence-electron chi connectivity index (χ4n) is 1.87. The lowest BCUT2D eigenvalue weighted by molar-refractivity contribution is -0.114. The number of nitrogens with one attached hydrogen (secondary N) is 1. The summed E-state index contributed by atoms with van der Waals surface area (Å²) in [6.07, 6.45) is 4.28. The van der Waals surface area contributed by atoms with Gasteiger partial charge in [-0.3, -0.25) is 4.79 Å². The zero-order valence-corrected chi connectivity index (χ0v) is 9.29. The van der Waals surface area contributed by atoms with Crippen molar-refractivity contribution in [3.63, 3.8) is 0 Å². The number of allylic oxidation sites excluding steroid dienone is 1. The normalized spacial score (nSPS) is 18.1. The number of hydrogen-bond donors (Lipinski definition) is 2. The quantitative estimate of drug-likeness (QED) is 0.591. The van der Waals surface area contributed by atoms with E-state index in [1.54, 1.807) is 24.4 Å². The summed E-state index contributed by atoms with van der Waals surface area (Å²) in [6, 6.07) is 5.13. The number of aryl methyl sites for hydroxylation is 1. The Morgan fingerprint density at radius 3 is 2.81 bits per heavy atom. The average molecular weight is 217 g/mol. The fraction of sp³-hybridized carbons (Fsp3) is 0.308. The molecule has 0 unspecified atom stereocenters. The van der Waals surface area contributed by atoms with E-state index in [0.29, 0.717) is 6.42 Å². The van der Waals surface area contributed by atoms with Gasteiger partial charge >= 0.3 is 0 Å². The van der Waals surface area contributed by atoms with Gasteiger partial charge in [-0.05, 0) is 43.5 Å². The van der Waals surface area contributed by atoms with Crippen LogP contribution in [0.4, 0.5) is 5.69 Å². The van der Waals surface area contributed by atoms with Crippen LogP contribution >= 0.6 is 0 Å². The summed E-state index contributed by atoms with van der Waals surface area (Å²) in [4.78, 5) is 11.4. The number of rotatable bonds is 2. The van der Waals surface area contributed by atoms with Crippen LogP contribution in [0.25, 0.3) is 0 Å². The summed E-state index contributed by atoms with van der Waals surface area (Å²) in [5, 5.41) is 12.4. The van der Waals surface area contributed by atoms with E-state index in [1.807, 2.05) is 6.92 Å². The molecular formula is C13H15NO2. The zero-order chi connectivity index (χ0) is 11.5. The van der Waals surface area contributed by atoms with Crippen molar-refractivity contribution < 1.29 is 9.90 Å². The third-order valence-electron chi connectivity index (χ3n) is 2.82. The summed E-state index contributed by atoms with van der Waals surface area (Å²) in [7, 11) is 0. The van der Waals surface area contributed by atoms with Gasteiger partial charge in [0.1, 0.15) is 5.75 Å².